The summed E-state index contributed by atoms with van der Waals surface area (Å²) in [6.07, 6.45) is 3.70. The lowest BCUT2D eigenvalue weighted by Gasteiger charge is -2.37. The van der Waals surface area contributed by atoms with E-state index in [1.165, 1.54) is 0 Å². The third-order valence-electron chi connectivity index (χ3n) is 5.58. The van der Waals surface area contributed by atoms with Crippen LogP contribution in [0.5, 0.6) is 5.75 Å². The van der Waals surface area contributed by atoms with E-state index in [4.69, 9.17) is 0 Å². The number of pyridine rings is 1. The molecule has 3 aromatic heterocycles. The minimum absolute atomic E-state index is 0.165. The number of likely N-dealkylation sites (tertiary alicyclic amines) is 1. The summed E-state index contributed by atoms with van der Waals surface area (Å²) in [7, 11) is 1.89. The van der Waals surface area contributed by atoms with Crippen molar-refractivity contribution >= 4 is 10.9 Å². The van der Waals surface area contributed by atoms with Crippen molar-refractivity contribution in [3.63, 3.8) is 0 Å². The summed E-state index contributed by atoms with van der Waals surface area (Å²) in [5.41, 5.74) is 4.83. The lowest BCUT2D eigenvalue weighted by molar-refractivity contribution is 0.154. The van der Waals surface area contributed by atoms with Gasteiger partial charge in [0.25, 0.3) is 0 Å². The van der Waals surface area contributed by atoms with Gasteiger partial charge in [-0.1, -0.05) is 13.0 Å². The maximum atomic E-state index is 10.6. The molecule has 0 unspecified atom stereocenters. The number of phenols is 1. The van der Waals surface area contributed by atoms with E-state index in [-0.39, 0.29) is 5.75 Å². The van der Waals surface area contributed by atoms with Gasteiger partial charge in [-0.25, -0.2) is 0 Å². The molecule has 7 heteroatoms. The fraction of sp³-hybridized carbons (Fsp3) is 0.273. The highest BCUT2D eigenvalue weighted by Gasteiger charge is 2.28. The van der Waals surface area contributed by atoms with E-state index in [0.29, 0.717) is 17.2 Å². The van der Waals surface area contributed by atoms with Gasteiger partial charge in [-0.3, -0.25) is 9.67 Å². The van der Waals surface area contributed by atoms with Gasteiger partial charge in [0.15, 0.2) is 0 Å². The maximum Gasteiger partial charge on any atom is 0.125 e. The van der Waals surface area contributed by atoms with E-state index < -0.39 is 0 Å². The highest BCUT2D eigenvalue weighted by atomic mass is 16.3. The highest BCUT2D eigenvalue weighted by Crippen LogP contribution is 2.33. The molecule has 1 aromatic carbocycles. The summed E-state index contributed by atoms with van der Waals surface area (Å²) in [5, 5.41) is 24.7. The van der Waals surface area contributed by atoms with E-state index in [2.05, 4.69) is 32.1 Å². The molecule has 5 rings (SSSR count). The summed E-state index contributed by atoms with van der Waals surface area (Å²) < 4.78 is 1.77. The summed E-state index contributed by atoms with van der Waals surface area (Å²) in [4.78, 5) is 6.85. The number of aromatic nitrogens is 5. The molecule has 29 heavy (non-hydrogen) atoms. The number of benzene rings is 1. The first-order chi connectivity index (χ1) is 14.1. The Balaban J connectivity index is 1.40. The van der Waals surface area contributed by atoms with Crippen LogP contribution < -0.4 is 0 Å². The minimum Gasteiger partial charge on any atom is -0.507 e. The Bertz CT molecular complexity index is 1180. The summed E-state index contributed by atoms with van der Waals surface area (Å²) in [5.74, 6) is 0.624. The number of aromatic hydroxyl groups is 1. The molecule has 0 atom stereocenters. The van der Waals surface area contributed by atoms with E-state index >= 15 is 0 Å². The predicted octanol–water partition coefficient (Wildman–Crippen LogP) is 3.22. The van der Waals surface area contributed by atoms with Gasteiger partial charge in [-0.2, -0.15) is 15.3 Å². The van der Waals surface area contributed by atoms with Crippen LogP contribution in [0.3, 0.4) is 0 Å². The fourth-order valence-electron chi connectivity index (χ4n) is 3.84. The maximum absolute atomic E-state index is 10.6. The first kappa shape index (κ1) is 17.8. The van der Waals surface area contributed by atoms with Crippen molar-refractivity contribution < 1.29 is 5.11 Å². The predicted molar refractivity (Wildman–Crippen MR) is 111 cm³/mol. The molecule has 4 aromatic rings. The van der Waals surface area contributed by atoms with Gasteiger partial charge >= 0.3 is 0 Å². The number of fused-ring (bicyclic) bond motifs is 1. The molecule has 1 aliphatic rings. The van der Waals surface area contributed by atoms with Crippen molar-refractivity contribution in [1.82, 2.24) is 29.9 Å². The van der Waals surface area contributed by atoms with Gasteiger partial charge in [-0.15, -0.1) is 0 Å². The molecular weight excluding hydrogens is 364 g/mol. The van der Waals surface area contributed by atoms with E-state index in [0.717, 1.165) is 47.5 Å². The van der Waals surface area contributed by atoms with Crippen LogP contribution in [0.15, 0.2) is 48.8 Å². The highest BCUT2D eigenvalue weighted by molar-refractivity contribution is 5.82. The quantitative estimate of drug-likeness (QED) is 0.580. The van der Waals surface area contributed by atoms with E-state index in [9.17, 15) is 5.11 Å². The number of nitrogens with zero attached hydrogens (tertiary/aromatic N) is 6. The molecule has 1 aliphatic heterocycles. The summed E-state index contributed by atoms with van der Waals surface area (Å²) >= 11 is 0. The van der Waals surface area contributed by atoms with Crippen molar-refractivity contribution in [1.29, 1.82) is 0 Å². The summed E-state index contributed by atoms with van der Waals surface area (Å²) in [6, 6.07) is 11.5. The molecule has 0 aliphatic carbocycles. The Labute approximate surface area is 168 Å². The Kier molecular flexibility index (Phi) is 4.24. The van der Waals surface area contributed by atoms with Gasteiger partial charge in [0.05, 0.1) is 23.3 Å². The number of hydrogen-bond acceptors (Lipinski definition) is 6. The zero-order chi connectivity index (χ0) is 20.0. The lowest BCUT2D eigenvalue weighted by Crippen LogP contribution is -2.44. The second-order valence-electron chi connectivity index (χ2n) is 7.56. The largest absolute Gasteiger partial charge is 0.507 e. The number of hydrogen-bond donors (Lipinski definition) is 1. The molecule has 7 nitrogen and oxygen atoms in total. The van der Waals surface area contributed by atoms with Crippen LogP contribution in [-0.4, -0.2) is 54.6 Å². The molecule has 1 fully saturated rings. The van der Waals surface area contributed by atoms with Crippen LogP contribution in [0.1, 0.15) is 18.5 Å². The second-order valence-corrected chi connectivity index (χ2v) is 7.56. The molecule has 0 saturated carbocycles. The van der Waals surface area contributed by atoms with Crippen LogP contribution in [0.2, 0.25) is 0 Å². The van der Waals surface area contributed by atoms with Crippen LogP contribution in [0.4, 0.5) is 0 Å². The Morgan fingerprint density at radius 2 is 1.93 bits per heavy atom. The molecular formula is C22H22N6O. The van der Waals surface area contributed by atoms with Crippen molar-refractivity contribution in [2.45, 2.75) is 12.8 Å². The first-order valence-electron chi connectivity index (χ1n) is 9.80. The third kappa shape index (κ3) is 3.23. The van der Waals surface area contributed by atoms with Gasteiger partial charge in [0.2, 0.25) is 0 Å². The normalized spacial score (nSPS) is 15.0. The number of likely N-dealkylation sites (N-methyl/N-ethyl adjacent to an activating group) is 1. The molecule has 1 N–H and O–H groups in total. The Morgan fingerprint density at radius 3 is 2.66 bits per heavy atom. The van der Waals surface area contributed by atoms with Gasteiger partial charge < -0.3 is 10.0 Å². The van der Waals surface area contributed by atoms with E-state index in [1.54, 1.807) is 16.9 Å². The standard InChI is InChI=1S/C22H22N6O/c1-3-28-12-16(13-28)18-6-7-19(25-24-18)17-5-4-14(9-22(17)29)20-8-15-11-27(2)26-21(15)10-23-20/h4-11,16,29H,3,12-13H2,1-2H3. The van der Waals surface area contributed by atoms with Crippen LogP contribution in [0, 0.1) is 0 Å². The number of phenolic OH excluding ortho intramolecular Hbond substituents is 1. The van der Waals surface area contributed by atoms with Crippen LogP contribution >= 0.6 is 0 Å². The Hall–Kier alpha value is -3.32. The first-order valence-corrected chi connectivity index (χ1v) is 9.80. The fourth-order valence-corrected chi connectivity index (χ4v) is 3.84. The van der Waals surface area contributed by atoms with Crippen LogP contribution in [0.25, 0.3) is 33.4 Å². The zero-order valence-corrected chi connectivity index (χ0v) is 16.4. The Morgan fingerprint density at radius 1 is 1.07 bits per heavy atom. The van der Waals surface area contributed by atoms with Gasteiger partial charge in [0.1, 0.15) is 11.3 Å². The van der Waals surface area contributed by atoms with Gasteiger partial charge in [-0.05, 0) is 36.9 Å². The van der Waals surface area contributed by atoms with Crippen LogP contribution in [-0.2, 0) is 7.05 Å². The minimum atomic E-state index is 0.165. The summed E-state index contributed by atoms with van der Waals surface area (Å²) in [6.45, 7) is 5.32. The molecule has 1 saturated heterocycles. The van der Waals surface area contributed by atoms with Crippen molar-refractivity contribution in [2.75, 3.05) is 19.6 Å². The zero-order valence-electron chi connectivity index (χ0n) is 16.4. The molecule has 4 heterocycles. The average molecular weight is 386 g/mol. The van der Waals surface area contributed by atoms with E-state index in [1.807, 2.05) is 43.6 Å². The van der Waals surface area contributed by atoms with Crippen molar-refractivity contribution in [2.24, 2.45) is 7.05 Å². The smallest absolute Gasteiger partial charge is 0.125 e. The third-order valence-corrected chi connectivity index (χ3v) is 5.58. The molecule has 0 radical (unpaired) electrons. The topological polar surface area (TPSA) is 80.0 Å². The molecule has 0 spiro atoms. The second kappa shape index (κ2) is 6.93. The SMILES string of the molecule is CCN1CC(c2ccc(-c3ccc(-c4cc5cn(C)nc5cn4)cc3O)nn2)C1. The number of rotatable bonds is 4. The van der Waals surface area contributed by atoms with Gasteiger partial charge in [0, 0.05) is 48.8 Å². The molecule has 0 bridgehead atoms. The monoisotopic (exact) mass is 386 g/mol. The lowest BCUT2D eigenvalue weighted by atomic mass is 9.96. The average Bonchev–Trinajstić information content (AvgIpc) is 3.07. The van der Waals surface area contributed by atoms with Crippen molar-refractivity contribution in [3.8, 4) is 28.3 Å². The molecule has 146 valence electrons. The molecule has 0 amide bonds. The van der Waals surface area contributed by atoms with Crippen molar-refractivity contribution in [3.05, 3.63) is 54.5 Å². The number of aryl methyl sites for hydroxylation is 1.